The molecule has 0 spiro atoms. The van der Waals surface area contributed by atoms with E-state index < -0.39 is 17.5 Å². The maximum Gasteiger partial charge on any atom is 0.256 e. The van der Waals surface area contributed by atoms with E-state index in [4.69, 9.17) is 0 Å². The first-order valence-electron chi connectivity index (χ1n) is 9.43. The van der Waals surface area contributed by atoms with E-state index in [1.165, 1.54) is 0 Å². The topological polar surface area (TPSA) is 62.3 Å². The molecular weight excluding hydrogens is 384 g/mol. The summed E-state index contributed by atoms with van der Waals surface area (Å²) in [4.78, 5) is 30.0. The number of hydrogen-bond donors (Lipinski definition) is 1. The third-order valence-corrected chi connectivity index (χ3v) is 5.94. The average molecular weight is 407 g/mol. The minimum atomic E-state index is -0.701. The molecule has 150 valence electrons. The van der Waals surface area contributed by atoms with Crippen molar-refractivity contribution in [3.63, 3.8) is 0 Å². The first-order chi connectivity index (χ1) is 13.5. The van der Waals surface area contributed by atoms with Crippen LogP contribution in [0.15, 0.2) is 23.6 Å². The van der Waals surface area contributed by atoms with Gasteiger partial charge in [0.25, 0.3) is 5.91 Å². The Morgan fingerprint density at radius 2 is 2.04 bits per heavy atom. The molecule has 28 heavy (non-hydrogen) atoms. The standard InChI is InChI=1S/C20H23F2N3O2S/c1-2-18(26)23-8-5-15-12-28-19(24-15)13-6-9-25(10-7-13)20(27)16-11-14(21)3-4-17(16)22/h3-4,11-13H,2,5-10H2,1H3,(H,23,26). The monoisotopic (exact) mass is 407 g/mol. The predicted molar refractivity (Wildman–Crippen MR) is 103 cm³/mol. The van der Waals surface area contributed by atoms with Gasteiger partial charge in [0.2, 0.25) is 5.91 Å². The first kappa shape index (κ1) is 20.4. The number of benzene rings is 1. The van der Waals surface area contributed by atoms with Crippen LogP contribution in [0.4, 0.5) is 8.78 Å². The van der Waals surface area contributed by atoms with E-state index in [1.807, 2.05) is 12.3 Å². The summed E-state index contributed by atoms with van der Waals surface area (Å²) in [5.41, 5.74) is 0.737. The molecule has 1 saturated heterocycles. The summed E-state index contributed by atoms with van der Waals surface area (Å²) in [6.45, 7) is 3.36. The van der Waals surface area contributed by atoms with Crippen LogP contribution >= 0.6 is 11.3 Å². The van der Waals surface area contributed by atoms with Crippen molar-refractivity contribution in [2.45, 2.75) is 38.5 Å². The second-order valence-corrected chi connectivity index (χ2v) is 7.71. The van der Waals surface area contributed by atoms with E-state index in [2.05, 4.69) is 10.3 Å². The van der Waals surface area contributed by atoms with Crippen molar-refractivity contribution in [1.29, 1.82) is 0 Å². The van der Waals surface area contributed by atoms with E-state index in [1.54, 1.807) is 16.2 Å². The summed E-state index contributed by atoms with van der Waals surface area (Å²) < 4.78 is 27.2. The number of thiazole rings is 1. The number of hydrogen-bond acceptors (Lipinski definition) is 4. The smallest absolute Gasteiger partial charge is 0.256 e. The number of nitrogens with one attached hydrogen (secondary N) is 1. The Hall–Kier alpha value is -2.35. The van der Waals surface area contributed by atoms with Gasteiger partial charge < -0.3 is 10.2 Å². The van der Waals surface area contributed by atoms with E-state index in [9.17, 15) is 18.4 Å². The van der Waals surface area contributed by atoms with Gasteiger partial charge in [0.1, 0.15) is 11.6 Å². The van der Waals surface area contributed by atoms with Crippen LogP contribution in [0.25, 0.3) is 0 Å². The molecule has 1 aliphatic heterocycles. The molecule has 1 aliphatic rings. The quantitative estimate of drug-likeness (QED) is 0.797. The van der Waals surface area contributed by atoms with Crippen LogP contribution in [0, 0.1) is 11.6 Å². The van der Waals surface area contributed by atoms with Gasteiger partial charge in [-0.25, -0.2) is 13.8 Å². The Bertz CT molecular complexity index is 848. The second kappa shape index (κ2) is 9.23. The van der Waals surface area contributed by atoms with Gasteiger partial charge in [-0.05, 0) is 31.0 Å². The van der Waals surface area contributed by atoms with E-state index in [0.29, 0.717) is 32.5 Å². The largest absolute Gasteiger partial charge is 0.356 e. The van der Waals surface area contributed by atoms with E-state index in [0.717, 1.165) is 41.7 Å². The van der Waals surface area contributed by atoms with Gasteiger partial charge in [0.05, 0.1) is 16.3 Å². The molecule has 0 saturated carbocycles. The van der Waals surface area contributed by atoms with Crippen molar-refractivity contribution in [2.75, 3.05) is 19.6 Å². The van der Waals surface area contributed by atoms with Crippen molar-refractivity contribution < 1.29 is 18.4 Å². The van der Waals surface area contributed by atoms with Crippen LogP contribution in [0.5, 0.6) is 0 Å². The molecule has 1 N–H and O–H groups in total. The summed E-state index contributed by atoms with van der Waals surface area (Å²) in [5.74, 6) is -1.51. The molecular formula is C20H23F2N3O2S. The van der Waals surface area contributed by atoms with E-state index >= 15 is 0 Å². The van der Waals surface area contributed by atoms with Gasteiger partial charge in [0, 0.05) is 43.8 Å². The van der Waals surface area contributed by atoms with Gasteiger partial charge in [-0.1, -0.05) is 6.92 Å². The molecule has 0 atom stereocenters. The number of halogens is 2. The summed E-state index contributed by atoms with van der Waals surface area (Å²) in [7, 11) is 0. The Balaban J connectivity index is 1.53. The molecule has 1 fully saturated rings. The lowest BCUT2D eigenvalue weighted by molar-refractivity contribution is -0.120. The number of aromatic nitrogens is 1. The highest BCUT2D eigenvalue weighted by atomic mass is 32.1. The lowest BCUT2D eigenvalue weighted by Gasteiger charge is -2.31. The zero-order valence-corrected chi connectivity index (χ0v) is 16.5. The van der Waals surface area contributed by atoms with Crippen molar-refractivity contribution >= 4 is 23.2 Å². The number of rotatable bonds is 6. The molecule has 1 aromatic carbocycles. The normalized spacial score (nSPS) is 14.9. The highest BCUT2D eigenvalue weighted by molar-refractivity contribution is 7.09. The molecule has 8 heteroatoms. The minimum Gasteiger partial charge on any atom is -0.356 e. The Labute approximate surface area is 166 Å². The van der Waals surface area contributed by atoms with Crippen LogP contribution in [-0.2, 0) is 11.2 Å². The predicted octanol–water partition coefficient (Wildman–Crippen LogP) is 3.51. The highest BCUT2D eigenvalue weighted by Crippen LogP contribution is 2.31. The minimum absolute atomic E-state index is 0.0298. The maximum atomic E-state index is 13.8. The lowest BCUT2D eigenvalue weighted by Crippen LogP contribution is -2.38. The maximum absolute atomic E-state index is 13.8. The fourth-order valence-corrected chi connectivity index (χ4v) is 4.27. The third kappa shape index (κ3) is 4.92. The van der Waals surface area contributed by atoms with Gasteiger partial charge in [-0.2, -0.15) is 0 Å². The summed E-state index contributed by atoms with van der Waals surface area (Å²) in [5, 5.41) is 5.87. The SMILES string of the molecule is CCC(=O)NCCc1csc(C2CCN(C(=O)c3cc(F)ccc3F)CC2)n1. The molecule has 0 radical (unpaired) electrons. The van der Waals surface area contributed by atoms with Crippen LogP contribution in [0.2, 0.25) is 0 Å². The zero-order valence-electron chi connectivity index (χ0n) is 15.7. The molecule has 1 aromatic heterocycles. The van der Waals surface area contributed by atoms with Gasteiger partial charge in [-0.15, -0.1) is 11.3 Å². The number of amides is 2. The number of piperidine rings is 1. The van der Waals surface area contributed by atoms with Gasteiger partial charge in [0.15, 0.2) is 0 Å². The molecule has 0 bridgehead atoms. The number of likely N-dealkylation sites (tertiary alicyclic amines) is 1. The molecule has 2 heterocycles. The van der Waals surface area contributed by atoms with Crippen molar-refractivity contribution in [1.82, 2.24) is 15.2 Å². The lowest BCUT2D eigenvalue weighted by atomic mass is 9.97. The Morgan fingerprint density at radius 3 is 2.75 bits per heavy atom. The van der Waals surface area contributed by atoms with Crippen LogP contribution in [-0.4, -0.2) is 41.3 Å². The first-order valence-corrected chi connectivity index (χ1v) is 10.3. The van der Waals surface area contributed by atoms with Crippen molar-refractivity contribution in [3.05, 3.63) is 51.5 Å². The molecule has 0 aliphatic carbocycles. The van der Waals surface area contributed by atoms with Crippen LogP contribution in [0.3, 0.4) is 0 Å². The Morgan fingerprint density at radius 1 is 1.29 bits per heavy atom. The van der Waals surface area contributed by atoms with Crippen LogP contribution < -0.4 is 5.32 Å². The number of carbonyl (C=O) groups excluding carboxylic acids is 2. The molecule has 2 aromatic rings. The fraction of sp³-hybridized carbons (Fsp3) is 0.450. The third-order valence-electron chi connectivity index (χ3n) is 4.88. The zero-order chi connectivity index (χ0) is 20.1. The molecule has 5 nitrogen and oxygen atoms in total. The van der Waals surface area contributed by atoms with Crippen molar-refractivity contribution in [3.8, 4) is 0 Å². The average Bonchev–Trinajstić information content (AvgIpc) is 3.18. The van der Waals surface area contributed by atoms with E-state index in [-0.39, 0.29) is 17.4 Å². The fourth-order valence-electron chi connectivity index (χ4n) is 3.24. The van der Waals surface area contributed by atoms with Crippen LogP contribution in [0.1, 0.15) is 53.2 Å². The summed E-state index contributed by atoms with van der Waals surface area (Å²) >= 11 is 1.59. The number of carbonyl (C=O) groups is 2. The number of nitrogens with zero attached hydrogens (tertiary/aromatic N) is 2. The molecule has 0 unspecified atom stereocenters. The van der Waals surface area contributed by atoms with Gasteiger partial charge >= 0.3 is 0 Å². The molecule has 2 amide bonds. The second-order valence-electron chi connectivity index (χ2n) is 6.82. The molecule has 3 rings (SSSR count). The van der Waals surface area contributed by atoms with Crippen molar-refractivity contribution in [2.24, 2.45) is 0 Å². The Kier molecular flexibility index (Phi) is 6.72. The summed E-state index contributed by atoms with van der Waals surface area (Å²) in [6, 6.07) is 2.94. The van der Waals surface area contributed by atoms with Gasteiger partial charge in [-0.3, -0.25) is 9.59 Å². The summed E-state index contributed by atoms with van der Waals surface area (Å²) in [6.07, 6.45) is 2.64. The highest BCUT2D eigenvalue weighted by Gasteiger charge is 2.27.